The average molecular weight is 205 g/mol. The molecule has 14 heavy (non-hydrogen) atoms. The first-order chi connectivity index (χ1) is 6.62. The lowest BCUT2D eigenvalue weighted by molar-refractivity contribution is -0.353. The Morgan fingerprint density at radius 3 is 2.86 bits per heavy atom. The van der Waals surface area contributed by atoms with Crippen molar-refractivity contribution in [1.82, 2.24) is 0 Å². The molecule has 0 N–H and O–H groups in total. The van der Waals surface area contributed by atoms with Crippen LogP contribution >= 0.6 is 0 Å². The Kier molecular flexibility index (Phi) is 3.82. The number of ether oxygens (including phenoxy) is 2. The van der Waals surface area contributed by atoms with Crippen molar-refractivity contribution in [2.45, 2.75) is 33.0 Å². The summed E-state index contributed by atoms with van der Waals surface area (Å²) >= 11 is 0. The number of rotatable bonds is 4. The molecule has 0 aliphatic carbocycles. The van der Waals surface area contributed by atoms with E-state index in [2.05, 4.69) is 9.99 Å². The second kappa shape index (κ2) is 4.70. The van der Waals surface area contributed by atoms with Gasteiger partial charge < -0.3 is 9.57 Å². The summed E-state index contributed by atoms with van der Waals surface area (Å²) in [7, 11) is 1.45. The first kappa shape index (κ1) is 11.4. The normalized spacial score (nSPS) is 33.4. The van der Waals surface area contributed by atoms with Crippen molar-refractivity contribution in [2.24, 2.45) is 5.16 Å². The zero-order chi connectivity index (χ0) is 10.6. The maximum absolute atomic E-state index is 5.33. The minimum absolute atomic E-state index is 0.477. The van der Waals surface area contributed by atoms with Crippen LogP contribution in [0.1, 0.15) is 20.8 Å². The van der Waals surface area contributed by atoms with E-state index in [0.717, 1.165) is 0 Å². The van der Waals surface area contributed by atoms with Crippen LogP contribution in [-0.4, -0.2) is 31.7 Å². The van der Waals surface area contributed by atoms with Gasteiger partial charge in [-0.05, 0) is 20.8 Å². The largest absolute Gasteiger partial charge is 0.399 e. The SMILES string of the molecule is CCOC1OOC(C)(/C(C)=N/OC)O1. The van der Waals surface area contributed by atoms with Gasteiger partial charge in [0.2, 0.25) is 5.79 Å². The molecule has 1 fully saturated rings. The van der Waals surface area contributed by atoms with Gasteiger partial charge in [-0.2, -0.15) is 9.78 Å². The molecule has 82 valence electrons. The molecular formula is C8H15NO5. The monoisotopic (exact) mass is 205 g/mol. The second-order valence-corrected chi connectivity index (χ2v) is 2.85. The summed E-state index contributed by atoms with van der Waals surface area (Å²) in [5.74, 6) is -1.05. The predicted molar refractivity (Wildman–Crippen MR) is 47.2 cm³/mol. The quantitative estimate of drug-likeness (QED) is 0.389. The van der Waals surface area contributed by atoms with Gasteiger partial charge in [0.05, 0.1) is 0 Å². The summed E-state index contributed by atoms with van der Waals surface area (Å²) in [6.45, 7) is 4.88. The third kappa shape index (κ3) is 2.42. The van der Waals surface area contributed by atoms with E-state index in [9.17, 15) is 0 Å². The summed E-state index contributed by atoms with van der Waals surface area (Å²) in [6, 6.07) is 0. The zero-order valence-corrected chi connectivity index (χ0v) is 8.77. The van der Waals surface area contributed by atoms with Gasteiger partial charge in [-0.3, -0.25) is 4.74 Å². The van der Waals surface area contributed by atoms with E-state index in [1.807, 2.05) is 6.92 Å². The van der Waals surface area contributed by atoms with Gasteiger partial charge in [-0.15, -0.1) is 0 Å². The third-order valence-corrected chi connectivity index (χ3v) is 1.79. The lowest BCUT2D eigenvalue weighted by atomic mass is 10.2. The first-order valence-electron chi connectivity index (χ1n) is 4.34. The molecule has 0 spiro atoms. The molecule has 2 atom stereocenters. The van der Waals surface area contributed by atoms with Gasteiger partial charge >= 0.3 is 6.48 Å². The summed E-state index contributed by atoms with van der Waals surface area (Å²) in [5.41, 5.74) is 0.516. The van der Waals surface area contributed by atoms with Crippen LogP contribution in [0, 0.1) is 0 Å². The Balaban J connectivity index is 2.57. The van der Waals surface area contributed by atoms with E-state index in [4.69, 9.17) is 19.2 Å². The highest BCUT2D eigenvalue weighted by atomic mass is 17.3. The molecule has 1 heterocycles. The molecular weight excluding hydrogens is 190 g/mol. The van der Waals surface area contributed by atoms with Crippen LogP contribution in [-0.2, 0) is 24.1 Å². The standard InChI is InChI=1S/C8H15NO5/c1-5-11-7-12-8(3,14-13-7)6(2)9-10-4/h7H,5H2,1-4H3/b9-6+. The lowest BCUT2D eigenvalue weighted by Gasteiger charge is -2.18. The van der Waals surface area contributed by atoms with Crippen LogP contribution < -0.4 is 0 Å². The molecule has 0 amide bonds. The molecule has 1 aliphatic heterocycles. The van der Waals surface area contributed by atoms with E-state index < -0.39 is 12.3 Å². The summed E-state index contributed by atoms with van der Waals surface area (Å²) in [4.78, 5) is 14.4. The van der Waals surface area contributed by atoms with Crippen molar-refractivity contribution in [3.05, 3.63) is 0 Å². The lowest BCUT2D eigenvalue weighted by Crippen LogP contribution is -2.35. The average Bonchev–Trinajstić information content (AvgIpc) is 2.50. The van der Waals surface area contributed by atoms with Crippen molar-refractivity contribution >= 4 is 5.71 Å². The van der Waals surface area contributed by atoms with E-state index >= 15 is 0 Å². The van der Waals surface area contributed by atoms with E-state index in [-0.39, 0.29) is 0 Å². The summed E-state index contributed by atoms with van der Waals surface area (Å²) < 4.78 is 10.4. The number of hydrogen-bond acceptors (Lipinski definition) is 6. The van der Waals surface area contributed by atoms with Gasteiger partial charge in [0.1, 0.15) is 12.8 Å². The van der Waals surface area contributed by atoms with Crippen LogP contribution in [0.4, 0.5) is 0 Å². The van der Waals surface area contributed by atoms with Crippen molar-refractivity contribution in [3.63, 3.8) is 0 Å². The van der Waals surface area contributed by atoms with Crippen LogP contribution in [0.15, 0.2) is 5.16 Å². The Morgan fingerprint density at radius 1 is 1.57 bits per heavy atom. The highest BCUT2D eigenvalue weighted by Gasteiger charge is 2.43. The first-order valence-corrected chi connectivity index (χ1v) is 4.34. The third-order valence-electron chi connectivity index (χ3n) is 1.79. The number of nitrogens with zero attached hydrogens (tertiary/aromatic N) is 1. The van der Waals surface area contributed by atoms with Crippen LogP contribution in [0.2, 0.25) is 0 Å². The summed E-state index contributed by atoms with van der Waals surface area (Å²) in [5, 5.41) is 3.70. The van der Waals surface area contributed by atoms with Crippen molar-refractivity contribution < 1.29 is 24.1 Å². The van der Waals surface area contributed by atoms with Crippen molar-refractivity contribution in [2.75, 3.05) is 13.7 Å². The molecule has 6 nitrogen and oxygen atoms in total. The fourth-order valence-corrected chi connectivity index (χ4v) is 0.917. The second-order valence-electron chi connectivity index (χ2n) is 2.85. The Morgan fingerprint density at radius 2 is 2.29 bits per heavy atom. The maximum Gasteiger partial charge on any atom is 0.304 e. The molecule has 1 aliphatic rings. The zero-order valence-electron chi connectivity index (χ0n) is 8.77. The van der Waals surface area contributed by atoms with Crippen LogP contribution in [0.3, 0.4) is 0 Å². The Bertz CT molecular complexity index is 220. The molecule has 6 heteroatoms. The fourth-order valence-electron chi connectivity index (χ4n) is 0.917. The molecule has 2 unspecified atom stereocenters. The van der Waals surface area contributed by atoms with Crippen molar-refractivity contribution in [1.29, 1.82) is 0 Å². The minimum Gasteiger partial charge on any atom is -0.399 e. The van der Waals surface area contributed by atoms with E-state index in [1.165, 1.54) is 7.11 Å². The van der Waals surface area contributed by atoms with Gasteiger partial charge in [0, 0.05) is 6.61 Å². The highest BCUT2D eigenvalue weighted by molar-refractivity contribution is 5.88. The molecule has 0 bridgehead atoms. The van der Waals surface area contributed by atoms with Gasteiger partial charge in [0.15, 0.2) is 0 Å². The van der Waals surface area contributed by atoms with Crippen molar-refractivity contribution in [3.8, 4) is 0 Å². The topological polar surface area (TPSA) is 58.5 Å². The Labute approximate surface area is 82.6 Å². The maximum atomic E-state index is 5.33. The molecule has 0 saturated carbocycles. The van der Waals surface area contributed by atoms with E-state index in [0.29, 0.717) is 12.3 Å². The molecule has 1 saturated heterocycles. The van der Waals surface area contributed by atoms with Crippen LogP contribution in [0.25, 0.3) is 0 Å². The fraction of sp³-hybridized carbons (Fsp3) is 0.875. The van der Waals surface area contributed by atoms with Crippen LogP contribution in [0.5, 0.6) is 0 Å². The number of hydrogen-bond donors (Lipinski definition) is 0. The van der Waals surface area contributed by atoms with Gasteiger partial charge in [-0.1, -0.05) is 5.16 Å². The molecule has 0 aromatic heterocycles. The molecule has 0 aromatic carbocycles. The van der Waals surface area contributed by atoms with Gasteiger partial charge in [0.25, 0.3) is 0 Å². The van der Waals surface area contributed by atoms with E-state index in [1.54, 1.807) is 13.8 Å². The predicted octanol–water partition coefficient (Wildman–Crippen LogP) is 1.02. The molecule has 1 rings (SSSR count). The van der Waals surface area contributed by atoms with Gasteiger partial charge in [-0.25, -0.2) is 0 Å². The minimum atomic E-state index is -1.05. The smallest absolute Gasteiger partial charge is 0.304 e. The number of oxime groups is 1. The highest BCUT2D eigenvalue weighted by Crippen LogP contribution is 2.26. The Hall–Kier alpha value is -0.690. The molecule has 0 radical (unpaired) electrons. The molecule has 0 aromatic rings. The summed E-state index contributed by atoms with van der Waals surface area (Å²) in [6.07, 6.45) is 0.